The Kier molecular flexibility index (Phi) is 9.08. The van der Waals surface area contributed by atoms with E-state index >= 15 is 0 Å². The number of hydrogen-bond acceptors (Lipinski definition) is 3. The molecule has 0 unspecified atom stereocenters. The van der Waals surface area contributed by atoms with Crippen molar-refractivity contribution in [2.45, 2.75) is 83.9 Å². The molecule has 0 aromatic heterocycles. The van der Waals surface area contributed by atoms with Gasteiger partial charge in [-0.25, -0.2) is 0 Å². The summed E-state index contributed by atoms with van der Waals surface area (Å²) in [5.41, 5.74) is 2.77. The molecule has 0 fully saturated rings. The average Bonchev–Trinajstić information content (AvgIpc) is 2.59. The second-order valence-electron chi connectivity index (χ2n) is 8.00. The number of ether oxygens (including phenoxy) is 2. The van der Waals surface area contributed by atoms with Gasteiger partial charge >= 0.3 is 0 Å². The van der Waals surface area contributed by atoms with Gasteiger partial charge in [-0.15, -0.1) is 6.58 Å². The van der Waals surface area contributed by atoms with Crippen LogP contribution >= 0.6 is 0 Å². The van der Waals surface area contributed by atoms with Crippen molar-refractivity contribution < 1.29 is 13.9 Å². The lowest BCUT2D eigenvalue weighted by molar-refractivity contribution is -0.00591. The fourth-order valence-corrected chi connectivity index (χ4v) is 9.70. The molecule has 0 aliphatic rings. The molecule has 2 atom stereocenters. The van der Waals surface area contributed by atoms with Crippen LogP contribution in [0.1, 0.15) is 54.0 Å². The van der Waals surface area contributed by atoms with Gasteiger partial charge in [0.2, 0.25) is 8.32 Å². The van der Waals surface area contributed by atoms with E-state index in [0.717, 1.165) is 11.3 Å². The van der Waals surface area contributed by atoms with Crippen molar-refractivity contribution in [1.82, 2.24) is 0 Å². The Labute approximate surface area is 161 Å². The predicted molar refractivity (Wildman–Crippen MR) is 113 cm³/mol. The van der Waals surface area contributed by atoms with Crippen LogP contribution in [0.25, 0.3) is 0 Å². The maximum Gasteiger partial charge on any atom is 0.200 e. The molecule has 0 saturated carbocycles. The third kappa shape index (κ3) is 5.45. The van der Waals surface area contributed by atoms with Crippen LogP contribution in [0.2, 0.25) is 16.6 Å². The normalized spacial score (nSPS) is 14.7. The quantitative estimate of drug-likeness (QED) is 0.332. The van der Waals surface area contributed by atoms with Crippen molar-refractivity contribution in [2.24, 2.45) is 0 Å². The Morgan fingerprint density at radius 1 is 0.923 bits per heavy atom. The van der Waals surface area contributed by atoms with E-state index in [1.807, 2.05) is 30.3 Å². The van der Waals surface area contributed by atoms with Gasteiger partial charge in [0.25, 0.3) is 0 Å². The van der Waals surface area contributed by atoms with Crippen LogP contribution in [-0.4, -0.2) is 27.6 Å². The van der Waals surface area contributed by atoms with E-state index in [1.54, 1.807) is 7.11 Å². The number of methoxy groups -OCH3 is 1. The minimum absolute atomic E-state index is 0.00962. The van der Waals surface area contributed by atoms with Gasteiger partial charge in [0.1, 0.15) is 11.9 Å². The molecule has 1 aromatic rings. The van der Waals surface area contributed by atoms with Gasteiger partial charge < -0.3 is 13.9 Å². The Hall–Kier alpha value is -1.10. The van der Waals surface area contributed by atoms with Gasteiger partial charge in [0.15, 0.2) is 0 Å². The van der Waals surface area contributed by atoms with E-state index in [-0.39, 0.29) is 12.2 Å². The minimum atomic E-state index is -1.93. The molecule has 0 N–H and O–H groups in total. The molecule has 148 valence electrons. The largest absolute Gasteiger partial charge is 0.497 e. The van der Waals surface area contributed by atoms with Crippen LogP contribution in [0.15, 0.2) is 36.9 Å². The summed E-state index contributed by atoms with van der Waals surface area (Å²) in [6, 6.07) is 7.96. The molecule has 1 rings (SSSR count). The second-order valence-corrected chi connectivity index (χ2v) is 13.4. The number of hydrogen-bond donors (Lipinski definition) is 0. The molecule has 0 aliphatic carbocycles. The van der Waals surface area contributed by atoms with E-state index in [2.05, 4.69) is 55.0 Å². The maximum atomic E-state index is 6.82. The van der Waals surface area contributed by atoms with Crippen molar-refractivity contribution in [1.29, 1.82) is 0 Å². The molecule has 0 radical (unpaired) electrons. The van der Waals surface area contributed by atoms with Crippen molar-refractivity contribution >= 4 is 8.32 Å². The molecule has 0 amide bonds. The summed E-state index contributed by atoms with van der Waals surface area (Å²) in [5, 5.41) is 0. The molecule has 0 bridgehead atoms. The summed E-state index contributed by atoms with van der Waals surface area (Å²) in [7, 11) is -0.262. The van der Waals surface area contributed by atoms with Crippen LogP contribution in [0.3, 0.4) is 0 Å². The second kappa shape index (κ2) is 10.3. The minimum Gasteiger partial charge on any atom is -0.497 e. The highest BCUT2D eigenvalue weighted by Crippen LogP contribution is 2.43. The predicted octanol–water partition coefficient (Wildman–Crippen LogP) is 6.35. The fourth-order valence-electron chi connectivity index (χ4n) is 4.11. The Balaban J connectivity index is 2.82. The van der Waals surface area contributed by atoms with Gasteiger partial charge in [-0.1, -0.05) is 59.8 Å². The fraction of sp³-hybridized carbons (Fsp3) is 0.636. The van der Waals surface area contributed by atoms with Crippen LogP contribution in [0.5, 0.6) is 5.75 Å². The highest BCUT2D eigenvalue weighted by molar-refractivity contribution is 6.77. The Morgan fingerprint density at radius 2 is 1.42 bits per heavy atom. The molecular weight excluding hydrogens is 340 g/mol. The molecule has 3 nitrogen and oxygen atoms in total. The van der Waals surface area contributed by atoms with E-state index < -0.39 is 8.32 Å². The third-order valence-corrected chi connectivity index (χ3v) is 11.6. The molecule has 26 heavy (non-hydrogen) atoms. The third-order valence-electron chi connectivity index (χ3n) is 5.39. The van der Waals surface area contributed by atoms with Crippen molar-refractivity contribution in [3.8, 4) is 5.75 Å². The summed E-state index contributed by atoms with van der Waals surface area (Å²) in [6.45, 7) is 20.5. The standard InChI is InChI=1S/C22H38O3Si/c1-10-22(24-15-20-11-13-21(23-9)14-12-20)19(8)25-26(16(2)3,17(4)5)18(6)7/h10-14,16-19,22H,1,15H2,2-9H3/t19-,22+/m0/s1. The lowest BCUT2D eigenvalue weighted by Gasteiger charge is -2.45. The molecule has 0 aliphatic heterocycles. The summed E-state index contributed by atoms with van der Waals surface area (Å²) in [4.78, 5) is 0. The topological polar surface area (TPSA) is 27.7 Å². The van der Waals surface area contributed by atoms with E-state index in [4.69, 9.17) is 13.9 Å². The molecule has 1 aromatic carbocycles. The van der Waals surface area contributed by atoms with E-state index in [9.17, 15) is 0 Å². The van der Waals surface area contributed by atoms with E-state index in [0.29, 0.717) is 23.2 Å². The summed E-state index contributed by atoms with van der Waals surface area (Å²) in [6.07, 6.45) is 1.73. The van der Waals surface area contributed by atoms with Gasteiger partial charge in [0.05, 0.1) is 19.8 Å². The van der Waals surface area contributed by atoms with Crippen LogP contribution in [0, 0.1) is 0 Å². The van der Waals surface area contributed by atoms with Gasteiger partial charge in [-0.05, 0) is 41.2 Å². The Morgan fingerprint density at radius 3 is 1.81 bits per heavy atom. The average molecular weight is 379 g/mol. The first-order valence-corrected chi connectivity index (χ1v) is 11.9. The summed E-state index contributed by atoms with van der Waals surface area (Å²) < 4.78 is 18.2. The first-order valence-electron chi connectivity index (χ1n) is 9.73. The highest BCUT2D eigenvalue weighted by atomic mass is 28.4. The van der Waals surface area contributed by atoms with Gasteiger partial charge in [-0.2, -0.15) is 0 Å². The smallest absolute Gasteiger partial charge is 0.200 e. The first-order chi connectivity index (χ1) is 12.2. The van der Waals surface area contributed by atoms with Gasteiger partial charge in [0, 0.05) is 0 Å². The monoisotopic (exact) mass is 378 g/mol. The molecule has 4 heteroatoms. The number of benzene rings is 1. The van der Waals surface area contributed by atoms with Crippen molar-refractivity contribution in [3.63, 3.8) is 0 Å². The number of rotatable bonds is 11. The zero-order valence-corrected chi connectivity index (χ0v) is 18.9. The van der Waals surface area contributed by atoms with Crippen LogP contribution in [0.4, 0.5) is 0 Å². The molecule has 0 spiro atoms. The highest BCUT2D eigenvalue weighted by Gasteiger charge is 2.46. The lowest BCUT2D eigenvalue weighted by atomic mass is 10.2. The zero-order valence-electron chi connectivity index (χ0n) is 17.9. The first kappa shape index (κ1) is 22.9. The SMILES string of the molecule is C=C[C@@H](OCc1ccc(OC)cc1)[C@H](C)O[Si](C(C)C)(C(C)C)C(C)C. The van der Waals surface area contributed by atoms with Crippen molar-refractivity contribution in [3.05, 3.63) is 42.5 Å². The van der Waals surface area contributed by atoms with Gasteiger partial charge in [-0.3, -0.25) is 0 Å². The van der Waals surface area contributed by atoms with Crippen molar-refractivity contribution in [2.75, 3.05) is 7.11 Å². The zero-order chi connectivity index (χ0) is 19.9. The lowest BCUT2D eigenvalue weighted by Crippen LogP contribution is -2.51. The molecular formula is C22H38O3Si. The van der Waals surface area contributed by atoms with Crippen LogP contribution < -0.4 is 4.74 Å². The summed E-state index contributed by atoms with van der Waals surface area (Å²) >= 11 is 0. The Bertz CT molecular complexity index is 515. The maximum absolute atomic E-state index is 6.82. The van der Waals surface area contributed by atoms with E-state index in [1.165, 1.54) is 0 Å². The van der Waals surface area contributed by atoms with Crippen LogP contribution in [-0.2, 0) is 15.8 Å². The molecule has 0 saturated heterocycles. The molecule has 0 heterocycles. The summed E-state index contributed by atoms with van der Waals surface area (Å²) in [5.74, 6) is 0.854.